The molecule has 0 radical (unpaired) electrons. The molecule has 94 valence electrons. The zero-order valence-electron chi connectivity index (χ0n) is 10.2. The summed E-state index contributed by atoms with van der Waals surface area (Å²) in [5.74, 6) is 2.25. The Morgan fingerprint density at radius 2 is 2.47 bits per heavy atom. The zero-order chi connectivity index (χ0) is 12.1. The molecule has 1 aromatic rings. The fourth-order valence-corrected chi connectivity index (χ4v) is 2.65. The Morgan fingerprint density at radius 1 is 1.59 bits per heavy atom. The summed E-state index contributed by atoms with van der Waals surface area (Å²) in [4.78, 5) is 16.5. The van der Waals surface area contributed by atoms with Gasteiger partial charge in [0, 0.05) is 18.7 Å². The molecule has 1 aromatic heterocycles. The van der Waals surface area contributed by atoms with Crippen molar-refractivity contribution in [1.82, 2.24) is 14.9 Å². The lowest BCUT2D eigenvalue weighted by Crippen LogP contribution is -2.34. The minimum absolute atomic E-state index is 0.165. The third-order valence-electron chi connectivity index (χ3n) is 2.96. The summed E-state index contributed by atoms with van der Waals surface area (Å²) >= 11 is 1.92. The highest BCUT2D eigenvalue weighted by Gasteiger charge is 2.14. The van der Waals surface area contributed by atoms with E-state index in [2.05, 4.69) is 17.2 Å². The number of nitrogens with one attached hydrogen (secondary N) is 1. The van der Waals surface area contributed by atoms with Crippen LogP contribution in [0.4, 0.5) is 0 Å². The Morgan fingerprint density at radius 3 is 3.29 bits per heavy atom. The Labute approximate surface area is 106 Å². The van der Waals surface area contributed by atoms with Gasteiger partial charge in [-0.25, -0.2) is 4.98 Å². The molecule has 5 heteroatoms. The molecule has 2 rings (SSSR count). The standard InChI is InChI=1S/C12H19N3OS/c1-2-17-7-3-6-15-9-14-11-8-13-5-4-10(11)12(15)16/h9,13H,2-8H2,1H3. The molecule has 0 saturated heterocycles. The summed E-state index contributed by atoms with van der Waals surface area (Å²) in [6.07, 6.45) is 3.55. The number of hydrogen-bond acceptors (Lipinski definition) is 4. The second kappa shape index (κ2) is 6.21. The summed E-state index contributed by atoms with van der Waals surface area (Å²) in [5.41, 5.74) is 2.01. The van der Waals surface area contributed by atoms with Gasteiger partial charge in [-0.05, 0) is 30.9 Å². The van der Waals surface area contributed by atoms with E-state index in [-0.39, 0.29) is 5.56 Å². The maximum atomic E-state index is 12.2. The molecule has 4 nitrogen and oxygen atoms in total. The Hall–Kier alpha value is -0.810. The van der Waals surface area contributed by atoms with E-state index in [1.54, 1.807) is 10.9 Å². The highest BCUT2D eigenvalue weighted by Crippen LogP contribution is 2.06. The highest BCUT2D eigenvalue weighted by atomic mass is 32.2. The molecular formula is C12H19N3OS. The Kier molecular flexibility index (Phi) is 4.62. The molecule has 17 heavy (non-hydrogen) atoms. The van der Waals surface area contributed by atoms with Gasteiger partial charge >= 0.3 is 0 Å². The first-order chi connectivity index (χ1) is 8.33. The molecule has 1 aliphatic heterocycles. The van der Waals surface area contributed by atoms with Crippen molar-refractivity contribution in [2.24, 2.45) is 0 Å². The molecule has 0 spiro atoms. The van der Waals surface area contributed by atoms with Crippen LogP contribution in [0.5, 0.6) is 0 Å². The second-order valence-corrected chi connectivity index (χ2v) is 5.54. The van der Waals surface area contributed by atoms with E-state index in [4.69, 9.17) is 0 Å². The molecule has 0 bridgehead atoms. The van der Waals surface area contributed by atoms with Gasteiger partial charge < -0.3 is 5.32 Å². The van der Waals surface area contributed by atoms with Crippen LogP contribution in [0.15, 0.2) is 11.1 Å². The topological polar surface area (TPSA) is 46.9 Å². The minimum Gasteiger partial charge on any atom is -0.311 e. The first-order valence-electron chi connectivity index (χ1n) is 6.18. The van der Waals surface area contributed by atoms with Crippen LogP contribution >= 0.6 is 11.8 Å². The summed E-state index contributed by atoms with van der Waals surface area (Å²) < 4.78 is 1.76. The van der Waals surface area contributed by atoms with Crippen molar-refractivity contribution in [3.8, 4) is 0 Å². The third kappa shape index (κ3) is 3.10. The van der Waals surface area contributed by atoms with Crippen molar-refractivity contribution in [2.75, 3.05) is 18.1 Å². The van der Waals surface area contributed by atoms with Crippen molar-refractivity contribution in [1.29, 1.82) is 0 Å². The van der Waals surface area contributed by atoms with E-state index in [1.807, 2.05) is 11.8 Å². The number of aromatic nitrogens is 2. The lowest BCUT2D eigenvalue weighted by atomic mass is 10.1. The number of nitrogens with zero attached hydrogens (tertiary/aromatic N) is 2. The van der Waals surface area contributed by atoms with Crippen molar-refractivity contribution < 1.29 is 0 Å². The van der Waals surface area contributed by atoms with Crippen molar-refractivity contribution in [2.45, 2.75) is 32.9 Å². The van der Waals surface area contributed by atoms with Gasteiger partial charge in [-0.15, -0.1) is 0 Å². The fourth-order valence-electron chi connectivity index (χ4n) is 2.03. The molecule has 1 aliphatic rings. The van der Waals surface area contributed by atoms with Crippen LogP contribution in [-0.4, -0.2) is 27.6 Å². The molecule has 0 saturated carbocycles. The van der Waals surface area contributed by atoms with Crippen LogP contribution in [0.25, 0.3) is 0 Å². The van der Waals surface area contributed by atoms with Crippen LogP contribution in [0, 0.1) is 0 Å². The molecule has 1 N–H and O–H groups in total. The minimum atomic E-state index is 0.165. The first-order valence-corrected chi connectivity index (χ1v) is 7.34. The van der Waals surface area contributed by atoms with Crippen molar-refractivity contribution >= 4 is 11.8 Å². The summed E-state index contributed by atoms with van der Waals surface area (Å²) in [6, 6.07) is 0. The van der Waals surface area contributed by atoms with Crippen LogP contribution in [0.2, 0.25) is 0 Å². The molecular weight excluding hydrogens is 234 g/mol. The summed E-state index contributed by atoms with van der Waals surface area (Å²) in [6.45, 7) is 4.57. The van der Waals surface area contributed by atoms with Crippen molar-refractivity contribution in [3.63, 3.8) is 0 Å². The lowest BCUT2D eigenvalue weighted by Gasteiger charge is -2.16. The molecule has 0 fully saturated rings. The summed E-state index contributed by atoms with van der Waals surface area (Å²) in [5, 5.41) is 3.23. The normalized spacial score (nSPS) is 14.6. The number of rotatable bonds is 5. The molecule has 0 atom stereocenters. The average Bonchev–Trinajstić information content (AvgIpc) is 2.37. The van der Waals surface area contributed by atoms with Crippen LogP contribution < -0.4 is 10.9 Å². The second-order valence-electron chi connectivity index (χ2n) is 4.15. The number of thioether (sulfide) groups is 1. The molecule has 0 unspecified atom stereocenters. The summed E-state index contributed by atoms with van der Waals surface area (Å²) in [7, 11) is 0. The van der Waals surface area contributed by atoms with Crippen LogP contribution in [-0.2, 0) is 19.5 Å². The van der Waals surface area contributed by atoms with E-state index in [1.165, 1.54) is 0 Å². The monoisotopic (exact) mass is 253 g/mol. The van der Waals surface area contributed by atoms with Crippen molar-refractivity contribution in [3.05, 3.63) is 27.9 Å². The number of aryl methyl sites for hydroxylation is 1. The SMILES string of the molecule is CCSCCCn1cnc2c(c1=O)CCNC2. The van der Waals surface area contributed by atoms with Gasteiger partial charge in [0.2, 0.25) is 0 Å². The van der Waals surface area contributed by atoms with Crippen LogP contribution in [0.3, 0.4) is 0 Å². The third-order valence-corrected chi connectivity index (χ3v) is 3.94. The predicted molar refractivity (Wildman–Crippen MR) is 71.5 cm³/mol. The predicted octanol–water partition coefficient (Wildman–Crippen LogP) is 1.03. The van der Waals surface area contributed by atoms with E-state index < -0.39 is 0 Å². The molecule has 2 heterocycles. The van der Waals surface area contributed by atoms with Crippen LogP contribution in [0.1, 0.15) is 24.6 Å². The zero-order valence-corrected chi connectivity index (χ0v) is 11.1. The van der Waals surface area contributed by atoms with Gasteiger partial charge in [0.05, 0.1) is 12.0 Å². The van der Waals surface area contributed by atoms with E-state index >= 15 is 0 Å². The maximum absolute atomic E-state index is 12.2. The van der Waals surface area contributed by atoms with Gasteiger partial charge in [-0.3, -0.25) is 9.36 Å². The van der Waals surface area contributed by atoms with E-state index in [0.29, 0.717) is 0 Å². The number of hydrogen-bond donors (Lipinski definition) is 1. The maximum Gasteiger partial charge on any atom is 0.256 e. The van der Waals surface area contributed by atoms with E-state index in [9.17, 15) is 4.79 Å². The van der Waals surface area contributed by atoms with Gasteiger partial charge in [-0.2, -0.15) is 11.8 Å². The largest absolute Gasteiger partial charge is 0.311 e. The van der Waals surface area contributed by atoms with Gasteiger partial charge in [-0.1, -0.05) is 6.92 Å². The Bertz CT molecular complexity index is 430. The quantitative estimate of drug-likeness (QED) is 0.796. The average molecular weight is 253 g/mol. The first kappa shape index (κ1) is 12.6. The fraction of sp³-hybridized carbons (Fsp3) is 0.667. The van der Waals surface area contributed by atoms with Gasteiger partial charge in [0.25, 0.3) is 5.56 Å². The molecule has 0 aliphatic carbocycles. The number of fused-ring (bicyclic) bond motifs is 1. The molecule has 0 aromatic carbocycles. The highest BCUT2D eigenvalue weighted by molar-refractivity contribution is 7.99. The van der Waals surface area contributed by atoms with E-state index in [0.717, 1.165) is 55.2 Å². The lowest BCUT2D eigenvalue weighted by molar-refractivity contribution is 0.577. The molecule has 0 amide bonds. The smallest absolute Gasteiger partial charge is 0.256 e. The Balaban J connectivity index is 2.05. The van der Waals surface area contributed by atoms with Gasteiger partial charge in [0.1, 0.15) is 0 Å². The van der Waals surface area contributed by atoms with Gasteiger partial charge in [0.15, 0.2) is 0 Å².